The predicted molar refractivity (Wildman–Crippen MR) is 119 cm³/mol. The number of thiophene rings is 1. The van der Waals surface area contributed by atoms with Gasteiger partial charge in [-0.25, -0.2) is 0 Å². The molecule has 1 aliphatic rings. The molecule has 6 nitrogen and oxygen atoms in total. The molecule has 1 saturated heterocycles. The number of carbonyl (C=O) groups excluding carboxylic acids is 2. The Bertz CT molecular complexity index is 1070. The predicted octanol–water partition coefficient (Wildman–Crippen LogP) is 3.38. The van der Waals surface area contributed by atoms with Crippen LogP contribution in [0.5, 0.6) is 0 Å². The summed E-state index contributed by atoms with van der Waals surface area (Å²) in [6, 6.07) is 12.4. The van der Waals surface area contributed by atoms with Gasteiger partial charge in [-0.1, -0.05) is 29.8 Å². The van der Waals surface area contributed by atoms with Crippen molar-refractivity contribution in [1.82, 2.24) is 14.4 Å². The molecule has 1 fully saturated rings. The molecular formula is C23H27N3O3S. The van der Waals surface area contributed by atoms with Gasteiger partial charge in [-0.15, -0.1) is 11.3 Å². The van der Waals surface area contributed by atoms with Crippen LogP contribution in [-0.4, -0.2) is 65.6 Å². The van der Waals surface area contributed by atoms with E-state index in [1.807, 2.05) is 17.9 Å². The molecule has 0 radical (unpaired) electrons. The van der Waals surface area contributed by atoms with Crippen molar-refractivity contribution in [3.05, 3.63) is 58.6 Å². The monoisotopic (exact) mass is 425 g/mol. The van der Waals surface area contributed by atoms with E-state index in [0.29, 0.717) is 31.9 Å². The molecule has 1 aromatic carbocycles. The highest BCUT2D eigenvalue weighted by molar-refractivity contribution is 7.16. The number of hydrogen-bond donors (Lipinski definition) is 0. The minimum atomic E-state index is -0.0355. The number of nitrogens with zero attached hydrogens (tertiary/aromatic N) is 3. The molecule has 30 heavy (non-hydrogen) atoms. The molecular weight excluding hydrogens is 398 g/mol. The molecule has 0 saturated carbocycles. The number of rotatable bonds is 5. The van der Waals surface area contributed by atoms with Crippen LogP contribution in [0.25, 0.3) is 10.2 Å². The lowest BCUT2D eigenvalue weighted by atomic mass is 10.1. The maximum atomic E-state index is 13.5. The highest BCUT2D eigenvalue weighted by atomic mass is 32.1. The zero-order valence-corrected chi connectivity index (χ0v) is 18.4. The Hall–Kier alpha value is -2.64. The first-order valence-corrected chi connectivity index (χ1v) is 11.1. The Labute approximate surface area is 180 Å². The van der Waals surface area contributed by atoms with Crippen molar-refractivity contribution in [1.29, 1.82) is 0 Å². The highest BCUT2D eigenvalue weighted by Gasteiger charge is 2.31. The van der Waals surface area contributed by atoms with Gasteiger partial charge in [0, 0.05) is 44.7 Å². The number of fused-ring (bicyclic) bond motifs is 1. The first kappa shape index (κ1) is 20.6. The van der Waals surface area contributed by atoms with Gasteiger partial charge in [-0.3, -0.25) is 9.59 Å². The number of benzene rings is 1. The van der Waals surface area contributed by atoms with E-state index in [-0.39, 0.29) is 24.5 Å². The topological polar surface area (TPSA) is 54.8 Å². The Kier molecular flexibility index (Phi) is 5.92. The minimum Gasteiger partial charge on any atom is -0.375 e. The second kappa shape index (κ2) is 8.62. The summed E-state index contributed by atoms with van der Waals surface area (Å²) in [6.45, 7) is 6.39. The van der Waals surface area contributed by atoms with E-state index in [4.69, 9.17) is 4.74 Å². The van der Waals surface area contributed by atoms with Crippen LogP contribution in [0.15, 0.2) is 41.8 Å². The van der Waals surface area contributed by atoms with E-state index in [0.717, 1.165) is 10.2 Å². The molecule has 2 aromatic heterocycles. The number of hydrogen-bond acceptors (Lipinski definition) is 4. The molecule has 7 heteroatoms. The van der Waals surface area contributed by atoms with E-state index < -0.39 is 0 Å². The van der Waals surface area contributed by atoms with Gasteiger partial charge in [-0.2, -0.15) is 0 Å². The van der Waals surface area contributed by atoms with Crippen LogP contribution in [0.4, 0.5) is 0 Å². The maximum Gasteiger partial charge on any atom is 0.270 e. The van der Waals surface area contributed by atoms with E-state index in [1.54, 1.807) is 16.2 Å². The lowest BCUT2D eigenvalue weighted by Gasteiger charge is -2.39. The number of piperazine rings is 1. The van der Waals surface area contributed by atoms with Gasteiger partial charge < -0.3 is 19.1 Å². The second-order valence-electron chi connectivity index (χ2n) is 7.91. The number of ether oxygens (including phenoxy) is 1. The molecule has 1 atom stereocenters. The minimum absolute atomic E-state index is 0.0248. The van der Waals surface area contributed by atoms with Crippen LogP contribution >= 0.6 is 11.3 Å². The summed E-state index contributed by atoms with van der Waals surface area (Å²) < 4.78 is 7.11. The molecule has 4 rings (SSSR count). The number of amides is 2. The van der Waals surface area contributed by atoms with Crippen molar-refractivity contribution >= 4 is 33.4 Å². The fourth-order valence-corrected chi connectivity index (χ4v) is 5.08. The zero-order valence-electron chi connectivity index (χ0n) is 17.6. The molecule has 0 spiro atoms. The standard InChI is InChI=1S/C23H27N3O3S/c1-16-5-4-6-18(11-16)14-26-20(12-19-7-10-30-23(19)26)22(28)24-8-9-25(17(2)13-24)21(27)15-29-3/h4-7,10-12,17H,8-9,13-15H2,1-3H3. The van der Waals surface area contributed by atoms with Crippen molar-refractivity contribution in [3.63, 3.8) is 0 Å². The average Bonchev–Trinajstić information content (AvgIpc) is 3.30. The Morgan fingerprint density at radius 2 is 2.03 bits per heavy atom. The normalized spacial score (nSPS) is 17.0. The van der Waals surface area contributed by atoms with Gasteiger partial charge in [0.05, 0.1) is 0 Å². The third-order valence-corrected chi connectivity index (χ3v) is 6.60. The molecule has 0 N–H and O–H groups in total. The van der Waals surface area contributed by atoms with Crippen LogP contribution in [0, 0.1) is 6.92 Å². The molecule has 3 heterocycles. The fourth-order valence-electron chi connectivity index (χ4n) is 4.18. The largest absolute Gasteiger partial charge is 0.375 e. The van der Waals surface area contributed by atoms with Crippen molar-refractivity contribution < 1.29 is 14.3 Å². The van der Waals surface area contributed by atoms with E-state index >= 15 is 0 Å². The van der Waals surface area contributed by atoms with Gasteiger partial charge in [0.25, 0.3) is 5.91 Å². The molecule has 0 bridgehead atoms. The lowest BCUT2D eigenvalue weighted by molar-refractivity contribution is -0.139. The average molecular weight is 426 g/mol. The summed E-state index contributed by atoms with van der Waals surface area (Å²) in [5, 5.41) is 3.16. The molecule has 1 aliphatic heterocycles. The van der Waals surface area contributed by atoms with Crippen molar-refractivity contribution in [2.45, 2.75) is 26.4 Å². The summed E-state index contributed by atoms with van der Waals surface area (Å²) in [5.74, 6) is -0.00261. The van der Waals surface area contributed by atoms with E-state index in [2.05, 4.69) is 47.2 Å². The smallest absolute Gasteiger partial charge is 0.270 e. The van der Waals surface area contributed by atoms with Crippen LogP contribution < -0.4 is 0 Å². The summed E-state index contributed by atoms with van der Waals surface area (Å²) in [4.78, 5) is 30.5. The molecule has 1 unspecified atom stereocenters. The number of aromatic nitrogens is 1. The quantitative estimate of drug-likeness (QED) is 0.630. The van der Waals surface area contributed by atoms with Crippen molar-refractivity contribution in [2.75, 3.05) is 33.4 Å². The van der Waals surface area contributed by atoms with Crippen LogP contribution in [0.2, 0.25) is 0 Å². The maximum absolute atomic E-state index is 13.5. The highest BCUT2D eigenvalue weighted by Crippen LogP contribution is 2.28. The fraction of sp³-hybridized carbons (Fsp3) is 0.391. The zero-order chi connectivity index (χ0) is 21.3. The van der Waals surface area contributed by atoms with Gasteiger partial charge in [-0.05, 0) is 36.9 Å². The second-order valence-corrected chi connectivity index (χ2v) is 8.80. The summed E-state index contributed by atoms with van der Waals surface area (Å²) in [5.41, 5.74) is 3.10. The van der Waals surface area contributed by atoms with Crippen LogP contribution in [0.3, 0.4) is 0 Å². The summed E-state index contributed by atoms with van der Waals surface area (Å²) in [7, 11) is 1.52. The van der Waals surface area contributed by atoms with E-state index in [9.17, 15) is 9.59 Å². The van der Waals surface area contributed by atoms with Gasteiger partial charge in [0.2, 0.25) is 5.91 Å². The van der Waals surface area contributed by atoms with Crippen molar-refractivity contribution in [3.8, 4) is 0 Å². The molecule has 158 valence electrons. The first-order valence-electron chi connectivity index (χ1n) is 10.2. The molecule has 2 amide bonds. The SMILES string of the molecule is COCC(=O)N1CCN(C(=O)c2cc3ccsc3n2Cc2cccc(C)c2)CC1C. The van der Waals surface area contributed by atoms with Gasteiger partial charge in [0.15, 0.2) is 0 Å². The summed E-state index contributed by atoms with van der Waals surface area (Å²) >= 11 is 1.66. The number of aryl methyl sites for hydroxylation is 1. The Morgan fingerprint density at radius 3 is 2.77 bits per heavy atom. The number of methoxy groups -OCH3 is 1. The Morgan fingerprint density at radius 1 is 1.20 bits per heavy atom. The van der Waals surface area contributed by atoms with Crippen LogP contribution in [-0.2, 0) is 16.1 Å². The van der Waals surface area contributed by atoms with Gasteiger partial charge in [0.1, 0.15) is 17.1 Å². The Balaban J connectivity index is 1.58. The van der Waals surface area contributed by atoms with E-state index in [1.165, 1.54) is 18.2 Å². The number of carbonyl (C=O) groups is 2. The lowest BCUT2D eigenvalue weighted by Crippen LogP contribution is -2.56. The third kappa shape index (κ3) is 4.00. The molecule has 3 aromatic rings. The first-order chi connectivity index (χ1) is 14.5. The summed E-state index contributed by atoms with van der Waals surface area (Å²) in [6.07, 6.45) is 0. The van der Waals surface area contributed by atoms with Crippen LogP contribution in [0.1, 0.15) is 28.5 Å². The van der Waals surface area contributed by atoms with Gasteiger partial charge >= 0.3 is 0 Å². The van der Waals surface area contributed by atoms with Crippen molar-refractivity contribution in [2.24, 2.45) is 0 Å². The third-order valence-electron chi connectivity index (χ3n) is 5.65. The molecule has 0 aliphatic carbocycles.